The molecule has 1 heteroatoms. The first-order valence-corrected chi connectivity index (χ1v) is 5.15. The van der Waals surface area contributed by atoms with E-state index in [1.165, 1.54) is 16.8 Å². The predicted molar refractivity (Wildman–Crippen MR) is 62.1 cm³/mol. The molecule has 1 heterocycles. The molecule has 1 aliphatic carbocycles. The smallest absolute Gasteiger partial charge is 0.0513 e. The van der Waals surface area contributed by atoms with Crippen molar-refractivity contribution < 1.29 is 0 Å². The van der Waals surface area contributed by atoms with Crippen molar-refractivity contribution in [3.05, 3.63) is 47.3 Å². The van der Waals surface area contributed by atoms with Gasteiger partial charge in [0.15, 0.2) is 0 Å². The maximum Gasteiger partial charge on any atom is 0.0513 e. The second-order valence-corrected chi connectivity index (χ2v) is 3.03. The summed E-state index contributed by atoms with van der Waals surface area (Å²) in [5.41, 5.74) is 3.72. The Morgan fingerprint density at radius 2 is 2.07 bits per heavy atom. The third-order valence-electron chi connectivity index (χ3n) is 2.00. The molecule has 0 saturated carbocycles. The minimum atomic E-state index is 0.948. The zero-order valence-corrected chi connectivity index (χ0v) is 9.12. The molecule has 1 aromatic rings. The fourth-order valence-corrected chi connectivity index (χ4v) is 1.40. The lowest BCUT2D eigenvalue weighted by Gasteiger charge is -1.98. The average Bonchev–Trinajstić information content (AvgIpc) is 2.41. The number of aromatic nitrogens is 1. The molecule has 0 bridgehead atoms. The number of hydrogen-bond donors (Lipinski definition) is 0. The third kappa shape index (κ3) is 2.56. The number of fused-ring (bicyclic) bond motifs is 1. The average molecular weight is 187 g/mol. The monoisotopic (exact) mass is 187 g/mol. The quantitative estimate of drug-likeness (QED) is 0.604. The number of allylic oxidation sites excluding steroid dienone is 3. The highest BCUT2D eigenvalue weighted by molar-refractivity contribution is 5.58. The van der Waals surface area contributed by atoms with Gasteiger partial charge in [-0.3, -0.25) is 4.98 Å². The van der Waals surface area contributed by atoms with Gasteiger partial charge in [-0.15, -0.1) is 0 Å². The summed E-state index contributed by atoms with van der Waals surface area (Å²) in [5, 5.41) is 0. The maximum absolute atomic E-state index is 4.32. The van der Waals surface area contributed by atoms with E-state index in [0.29, 0.717) is 0 Å². The van der Waals surface area contributed by atoms with Crippen LogP contribution >= 0.6 is 0 Å². The van der Waals surface area contributed by atoms with Crippen LogP contribution in [0.2, 0.25) is 0 Å². The molecule has 0 unspecified atom stereocenters. The van der Waals surface area contributed by atoms with Crippen LogP contribution in [0.1, 0.15) is 32.0 Å². The van der Waals surface area contributed by atoms with Gasteiger partial charge in [0, 0.05) is 12.6 Å². The SMILES string of the molecule is CC.CC1=Cc2cccnc2CC=C1. The summed E-state index contributed by atoms with van der Waals surface area (Å²) in [4.78, 5) is 4.32. The van der Waals surface area contributed by atoms with E-state index in [2.05, 4.69) is 36.2 Å². The summed E-state index contributed by atoms with van der Waals surface area (Å²) < 4.78 is 0. The first kappa shape index (κ1) is 10.7. The van der Waals surface area contributed by atoms with E-state index in [4.69, 9.17) is 0 Å². The van der Waals surface area contributed by atoms with E-state index < -0.39 is 0 Å². The summed E-state index contributed by atoms with van der Waals surface area (Å²) in [6, 6.07) is 4.09. The van der Waals surface area contributed by atoms with Gasteiger partial charge in [0.25, 0.3) is 0 Å². The van der Waals surface area contributed by atoms with Crippen molar-refractivity contribution >= 4 is 6.08 Å². The highest BCUT2D eigenvalue weighted by Gasteiger charge is 2.01. The Morgan fingerprint density at radius 3 is 2.86 bits per heavy atom. The van der Waals surface area contributed by atoms with Crippen molar-refractivity contribution in [1.82, 2.24) is 4.98 Å². The van der Waals surface area contributed by atoms with Crippen LogP contribution in [0.25, 0.3) is 6.08 Å². The predicted octanol–water partition coefficient (Wildman–Crippen LogP) is 3.62. The Kier molecular flexibility index (Phi) is 4.11. The number of pyridine rings is 1. The molecule has 0 radical (unpaired) electrons. The standard InChI is InChI=1S/C11H11N.C2H6/c1-9-4-2-6-11-10(8-9)5-3-7-12-11;1-2/h2-5,7-8H,6H2,1H3;1-2H3. The fraction of sp³-hybridized carbons (Fsp3) is 0.308. The lowest BCUT2D eigenvalue weighted by atomic mass is 10.1. The highest BCUT2D eigenvalue weighted by atomic mass is 14.7. The molecule has 1 aromatic heterocycles. The molecule has 0 spiro atoms. The molecule has 0 saturated heterocycles. The van der Waals surface area contributed by atoms with Gasteiger partial charge in [0.2, 0.25) is 0 Å². The minimum absolute atomic E-state index is 0.948. The molecular weight excluding hydrogens is 170 g/mol. The Hall–Kier alpha value is -1.37. The van der Waals surface area contributed by atoms with E-state index in [1.807, 2.05) is 26.1 Å². The number of rotatable bonds is 0. The van der Waals surface area contributed by atoms with Gasteiger partial charge in [-0.2, -0.15) is 0 Å². The molecule has 1 nitrogen and oxygen atoms in total. The largest absolute Gasteiger partial charge is 0.260 e. The van der Waals surface area contributed by atoms with Crippen molar-refractivity contribution in [2.75, 3.05) is 0 Å². The van der Waals surface area contributed by atoms with Gasteiger partial charge in [-0.25, -0.2) is 0 Å². The van der Waals surface area contributed by atoms with Gasteiger partial charge < -0.3 is 0 Å². The topological polar surface area (TPSA) is 12.9 Å². The lowest BCUT2D eigenvalue weighted by molar-refractivity contribution is 1.10. The van der Waals surface area contributed by atoms with Crippen LogP contribution in [0, 0.1) is 0 Å². The molecule has 1 aliphatic rings. The van der Waals surface area contributed by atoms with E-state index in [9.17, 15) is 0 Å². The first-order chi connectivity index (χ1) is 6.86. The molecule has 0 aromatic carbocycles. The van der Waals surface area contributed by atoms with Crippen LogP contribution in [0.3, 0.4) is 0 Å². The minimum Gasteiger partial charge on any atom is -0.260 e. The highest BCUT2D eigenvalue weighted by Crippen LogP contribution is 2.15. The molecule has 2 rings (SSSR count). The Balaban J connectivity index is 0.000000461. The molecular formula is C13H17N. The fourth-order valence-electron chi connectivity index (χ4n) is 1.40. The van der Waals surface area contributed by atoms with Gasteiger partial charge in [-0.1, -0.05) is 43.7 Å². The van der Waals surface area contributed by atoms with E-state index in [1.54, 1.807) is 0 Å². The number of hydrogen-bond acceptors (Lipinski definition) is 1. The molecule has 0 atom stereocenters. The van der Waals surface area contributed by atoms with E-state index >= 15 is 0 Å². The summed E-state index contributed by atoms with van der Waals surface area (Å²) >= 11 is 0. The molecule has 0 fully saturated rings. The van der Waals surface area contributed by atoms with Crippen molar-refractivity contribution in [3.63, 3.8) is 0 Å². The molecule has 0 aliphatic heterocycles. The Morgan fingerprint density at radius 1 is 1.29 bits per heavy atom. The van der Waals surface area contributed by atoms with Crippen molar-refractivity contribution in [1.29, 1.82) is 0 Å². The van der Waals surface area contributed by atoms with Gasteiger partial charge in [0.1, 0.15) is 0 Å². The second kappa shape index (κ2) is 5.38. The lowest BCUT2D eigenvalue weighted by Crippen LogP contribution is -1.89. The first-order valence-electron chi connectivity index (χ1n) is 5.15. The summed E-state index contributed by atoms with van der Waals surface area (Å²) in [5.74, 6) is 0. The van der Waals surface area contributed by atoms with Crippen LogP contribution in [0.5, 0.6) is 0 Å². The van der Waals surface area contributed by atoms with Crippen LogP contribution in [0.15, 0.2) is 36.1 Å². The molecule has 14 heavy (non-hydrogen) atoms. The van der Waals surface area contributed by atoms with Gasteiger partial charge in [0.05, 0.1) is 5.69 Å². The summed E-state index contributed by atoms with van der Waals surface area (Å²) in [6.45, 7) is 6.11. The Labute approximate surface area is 86.2 Å². The second-order valence-electron chi connectivity index (χ2n) is 3.03. The van der Waals surface area contributed by atoms with Crippen LogP contribution in [-0.4, -0.2) is 4.98 Å². The normalized spacial score (nSPS) is 13.2. The van der Waals surface area contributed by atoms with Crippen LogP contribution in [-0.2, 0) is 6.42 Å². The zero-order chi connectivity index (χ0) is 10.4. The Bertz CT molecular complexity index is 348. The summed E-state index contributed by atoms with van der Waals surface area (Å²) in [6.07, 6.45) is 9.27. The zero-order valence-electron chi connectivity index (χ0n) is 9.12. The van der Waals surface area contributed by atoms with Crippen LogP contribution < -0.4 is 0 Å². The van der Waals surface area contributed by atoms with Gasteiger partial charge >= 0.3 is 0 Å². The van der Waals surface area contributed by atoms with Gasteiger partial charge in [-0.05, 0) is 18.6 Å². The maximum atomic E-state index is 4.32. The van der Waals surface area contributed by atoms with Crippen molar-refractivity contribution in [3.8, 4) is 0 Å². The molecule has 0 N–H and O–H groups in total. The van der Waals surface area contributed by atoms with Crippen molar-refractivity contribution in [2.24, 2.45) is 0 Å². The van der Waals surface area contributed by atoms with E-state index in [-0.39, 0.29) is 0 Å². The van der Waals surface area contributed by atoms with E-state index in [0.717, 1.165) is 6.42 Å². The number of nitrogens with zero attached hydrogens (tertiary/aromatic N) is 1. The van der Waals surface area contributed by atoms with Crippen molar-refractivity contribution in [2.45, 2.75) is 27.2 Å². The van der Waals surface area contributed by atoms with Crippen LogP contribution in [0.4, 0.5) is 0 Å². The molecule has 0 amide bonds. The molecule has 74 valence electrons. The summed E-state index contributed by atoms with van der Waals surface area (Å²) in [7, 11) is 0. The third-order valence-corrected chi connectivity index (χ3v) is 2.00.